The number of aryl methyl sites for hydroxylation is 3. The zero-order valence-corrected chi connectivity index (χ0v) is 15.0. The highest BCUT2D eigenvalue weighted by Gasteiger charge is 2.27. The number of morpholine rings is 1. The predicted molar refractivity (Wildman–Crippen MR) is 91.3 cm³/mol. The molecule has 3 heterocycles. The summed E-state index contributed by atoms with van der Waals surface area (Å²) >= 11 is 0. The molecule has 8 heteroatoms. The van der Waals surface area contributed by atoms with Crippen LogP contribution in [0.3, 0.4) is 0 Å². The van der Waals surface area contributed by atoms with Crippen molar-refractivity contribution < 1.29 is 9.53 Å². The third-order valence-electron chi connectivity index (χ3n) is 4.62. The maximum Gasteiger partial charge on any atom is 0.251 e. The number of aromatic nitrogens is 4. The van der Waals surface area contributed by atoms with E-state index in [1.54, 1.807) is 16.5 Å². The van der Waals surface area contributed by atoms with E-state index < -0.39 is 0 Å². The van der Waals surface area contributed by atoms with E-state index in [1.165, 1.54) is 6.07 Å². The Morgan fingerprint density at radius 3 is 2.80 bits per heavy atom. The van der Waals surface area contributed by atoms with Crippen LogP contribution in [0, 0.1) is 20.8 Å². The summed E-state index contributed by atoms with van der Waals surface area (Å²) in [5.41, 5.74) is 3.21. The fraction of sp³-hybridized carbons (Fsp3) is 0.529. The Labute approximate surface area is 145 Å². The summed E-state index contributed by atoms with van der Waals surface area (Å²) in [5.74, 6) is 0.574. The molecule has 1 atom stereocenters. The first-order chi connectivity index (χ1) is 11.8. The fourth-order valence-corrected chi connectivity index (χ4v) is 3.16. The molecule has 0 aliphatic carbocycles. The number of carbonyl (C=O) groups is 1. The number of amides is 1. The van der Waals surface area contributed by atoms with Gasteiger partial charge in [0.25, 0.3) is 5.56 Å². The minimum Gasteiger partial charge on any atom is -0.368 e. The molecule has 1 aliphatic heterocycles. The second-order valence-corrected chi connectivity index (χ2v) is 6.40. The number of H-pyrrole nitrogens is 1. The van der Waals surface area contributed by atoms with Crippen LogP contribution in [-0.2, 0) is 23.0 Å². The van der Waals surface area contributed by atoms with E-state index in [4.69, 9.17) is 4.74 Å². The molecule has 1 fully saturated rings. The van der Waals surface area contributed by atoms with Crippen LogP contribution < -0.4 is 5.56 Å². The van der Waals surface area contributed by atoms with E-state index in [0.717, 1.165) is 17.0 Å². The number of nitrogens with one attached hydrogen (secondary N) is 1. The Balaban J connectivity index is 1.74. The minimum atomic E-state index is -0.380. The quantitative estimate of drug-likeness (QED) is 0.878. The molecule has 0 spiro atoms. The van der Waals surface area contributed by atoms with Crippen LogP contribution in [-0.4, -0.2) is 50.3 Å². The van der Waals surface area contributed by atoms with Gasteiger partial charge in [-0.25, -0.2) is 4.98 Å². The lowest BCUT2D eigenvalue weighted by Gasteiger charge is -2.32. The number of nitrogens with zero attached hydrogens (tertiary/aromatic N) is 4. The molecule has 0 saturated carbocycles. The first-order valence-electron chi connectivity index (χ1n) is 8.31. The average Bonchev–Trinajstić information content (AvgIpc) is 2.80. The Morgan fingerprint density at radius 1 is 1.40 bits per heavy atom. The van der Waals surface area contributed by atoms with Crippen molar-refractivity contribution in [1.29, 1.82) is 0 Å². The van der Waals surface area contributed by atoms with Crippen LogP contribution >= 0.6 is 0 Å². The van der Waals surface area contributed by atoms with Gasteiger partial charge in [0.1, 0.15) is 11.9 Å². The molecule has 0 radical (unpaired) electrons. The van der Waals surface area contributed by atoms with E-state index in [2.05, 4.69) is 15.1 Å². The van der Waals surface area contributed by atoms with Crippen LogP contribution in [0.25, 0.3) is 0 Å². The van der Waals surface area contributed by atoms with Crippen molar-refractivity contribution in [2.75, 3.05) is 19.7 Å². The van der Waals surface area contributed by atoms with Crippen LogP contribution in [0.4, 0.5) is 0 Å². The van der Waals surface area contributed by atoms with Crippen molar-refractivity contribution >= 4 is 5.91 Å². The highest BCUT2D eigenvalue weighted by molar-refractivity contribution is 5.79. The van der Waals surface area contributed by atoms with Gasteiger partial charge >= 0.3 is 0 Å². The van der Waals surface area contributed by atoms with Gasteiger partial charge in [0.2, 0.25) is 5.91 Å². The third kappa shape index (κ3) is 3.63. The van der Waals surface area contributed by atoms with E-state index in [0.29, 0.717) is 37.6 Å². The highest BCUT2D eigenvalue weighted by atomic mass is 16.5. The molecular formula is C17H23N5O3. The summed E-state index contributed by atoms with van der Waals surface area (Å²) in [7, 11) is 1.88. The van der Waals surface area contributed by atoms with Crippen molar-refractivity contribution in [3.05, 3.63) is 44.9 Å². The van der Waals surface area contributed by atoms with Gasteiger partial charge in [-0.15, -0.1) is 0 Å². The molecule has 1 N–H and O–H groups in total. The molecule has 134 valence electrons. The number of rotatable bonds is 3. The molecule has 25 heavy (non-hydrogen) atoms. The van der Waals surface area contributed by atoms with Gasteiger partial charge < -0.3 is 14.6 Å². The van der Waals surface area contributed by atoms with Gasteiger partial charge in [-0.2, -0.15) is 5.10 Å². The van der Waals surface area contributed by atoms with Gasteiger partial charge in [0, 0.05) is 30.9 Å². The summed E-state index contributed by atoms with van der Waals surface area (Å²) in [6, 6.07) is 1.43. The van der Waals surface area contributed by atoms with Crippen LogP contribution in [0.5, 0.6) is 0 Å². The minimum absolute atomic E-state index is 0.0362. The Bertz CT molecular complexity index is 854. The first kappa shape index (κ1) is 17.3. The van der Waals surface area contributed by atoms with Crippen molar-refractivity contribution in [3.63, 3.8) is 0 Å². The zero-order chi connectivity index (χ0) is 18.1. The largest absolute Gasteiger partial charge is 0.368 e. The lowest BCUT2D eigenvalue weighted by Crippen LogP contribution is -2.43. The lowest BCUT2D eigenvalue weighted by atomic mass is 10.1. The standard InChI is InChI=1S/C17H23N5O3/c1-10-13(11(2)21(4)20-10)7-17(24)22-5-6-25-15(9-22)14-8-16(23)19-12(3)18-14/h8,15H,5-7,9H2,1-4H3,(H,18,19,23)/t15-/m1/s1. The molecule has 2 aromatic heterocycles. The van der Waals surface area contributed by atoms with Gasteiger partial charge in [-0.3, -0.25) is 14.3 Å². The van der Waals surface area contributed by atoms with Gasteiger partial charge in [0.15, 0.2) is 0 Å². The Kier molecular flexibility index (Phi) is 4.71. The number of hydrogen-bond donors (Lipinski definition) is 1. The van der Waals surface area contributed by atoms with Crippen molar-refractivity contribution in [2.45, 2.75) is 33.3 Å². The zero-order valence-electron chi connectivity index (χ0n) is 15.0. The Hall–Kier alpha value is -2.48. The van der Waals surface area contributed by atoms with E-state index >= 15 is 0 Å². The number of aromatic amines is 1. The molecule has 1 aliphatic rings. The summed E-state index contributed by atoms with van der Waals surface area (Å²) in [5, 5.41) is 4.36. The van der Waals surface area contributed by atoms with Gasteiger partial charge in [-0.1, -0.05) is 0 Å². The molecule has 8 nitrogen and oxygen atoms in total. The van der Waals surface area contributed by atoms with Gasteiger partial charge in [-0.05, 0) is 20.8 Å². The molecule has 1 saturated heterocycles. The lowest BCUT2D eigenvalue weighted by molar-refractivity contribution is -0.138. The summed E-state index contributed by atoms with van der Waals surface area (Å²) in [6.07, 6.45) is -0.0603. The fourth-order valence-electron chi connectivity index (χ4n) is 3.16. The number of carbonyl (C=O) groups excluding carboxylic acids is 1. The molecule has 0 aromatic carbocycles. The smallest absolute Gasteiger partial charge is 0.251 e. The predicted octanol–water partition coefficient (Wildman–Crippen LogP) is 0.571. The van der Waals surface area contributed by atoms with Crippen molar-refractivity contribution in [1.82, 2.24) is 24.6 Å². The number of hydrogen-bond acceptors (Lipinski definition) is 5. The third-order valence-corrected chi connectivity index (χ3v) is 4.62. The maximum atomic E-state index is 12.7. The summed E-state index contributed by atoms with van der Waals surface area (Å²) < 4.78 is 7.53. The summed E-state index contributed by atoms with van der Waals surface area (Å²) in [6.45, 7) is 6.97. The van der Waals surface area contributed by atoms with E-state index in [-0.39, 0.29) is 17.6 Å². The SMILES string of the molecule is Cc1nc([C@H]2CN(C(=O)Cc3c(C)nn(C)c3C)CCO2)cc(=O)[nH]1. The molecule has 2 aromatic rings. The molecule has 0 bridgehead atoms. The molecule has 1 amide bonds. The second kappa shape index (κ2) is 6.79. The Morgan fingerprint density at radius 2 is 2.16 bits per heavy atom. The monoisotopic (exact) mass is 345 g/mol. The number of ether oxygens (including phenoxy) is 1. The van der Waals surface area contributed by atoms with E-state index in [9.17, 15) is 9.59 Å². The normalized spacial score (nSPS) is 17.8. The second-order valence-electron chi connectivity index (χ2n) is 6.40. The highest BCUT2D eigenvalue weighted by Crippen LogP contribution is 2.21. The van der Waals surface area contributed by atoms with Gasteiger partial charge in [0.05, 0.1) is 31.0 Å². The van der Waals surface area contributed by atoms with Crippen molar-refractivity contribution in [3.8, 4) is 0 Å². The maximum absolute atomic E-state index is 12.7. The van der Waals surface area contributed by atoms with Crippen molar-refractivity contribution in [2.24, 2.45) is 7.05 Å². The average molecular weight is 345 g/mol. The van der Waals surface area contributed by atoms with Crippen LogP contribution in [0.15, 0.2) is 10.9 Å². The topological polar surface area (TPSA) is 93.1 Å². The molecule has 3 rings (SSSR count). The summed E-state index contributed by atoms with van der Waals surface area (Å²) in [4.78, 5) is 33.1. The van der Waals surface area contributed by atoms with Crippen LogP contribution in [0.2, 0.25) is 0 Å². The molecule has 0 unspecified atom stereocenters. The van der Waals surface area contributed by atoms with Crippen LogP contribution in [0.1, 0.15) is 34.6 Å². The van der Waals surface area contributed by atoms with E-state index in [1.807, 2.05) is 20.9 Å². The first-order valence-corrected chi connectivity index (χ1v) is 8.31. The molecular weight excluding hydrogens is 322 g/mol.